The van der Waals surface area contributed by atoms with Crippen LogP contribution in [0.4, 0.5) is 0 Å². The minimum Gasteiger partial charge on any atom is -0.333 e. The van der Waals surface area contributed by atoms with Gasteiger partial charge < -0.3 is 9.80 Å². The van der Waals surface area contributed by atoms with E-state index in [4.69, 9.17) is 0 Å². The van der Waals surface area contributed by atoms with Crippen molar-refractivity contribution in [1.82, 2.24) is 19.8 Å². The third-order valence-corrected chi connectivity index (χ3v) is 5.25. The molecule has 3 heterocycles. The number of para-hydroxylation sites is 2. The number of likely N-dealkylation sites (N-methyl/N-ethyl adjacent to an activating group) is 1. The standard InChI is InChI=1S/C18H22N4O/c1-21-10-4-8-16(21)17-9-5-11-22(17)18(23)15-12-19-13-6-2-3-7-14(13)20-15/h2-3,6-7,12,16-17H,4-5,8-11H2,1H3/t16-,17+/m1/s1. The monoisotopic (exact) mass is 310 g/mol. The summed E-state index contributed by atoms with van der Waals surface area (Å²) >= 11 is 0. The molecule has 5 heteroatoms. The summed E-state index contributed by atoms with van der Waals surface area (Å²) in [5, 5.41) is 0. The van der Waals surface area contributed by atoms with Gasteiger partial charge in [0.2, 0.25) is 0 Å². The molecule has 0 unspecified atom stereocenters. The Morgan fingerprint density at radius 2 is 1.83 bits per heavy atom. The Kier molecular flexibility index (Phi) is 3.73. The Morgan fingerprint density at radius 3 is 2.61 bits per heavy atom. The summed E-state index contributed by atoms with van der Waals surface area (Å²) in [6.07, 6.45) is 6.23. The lowest BCUT2D eigenvalue weighted by atomic mass is 10.0. The number of benzene rings is 1. The molecule has 0 bridgehead atoms. The fraction of sp³-hybridized carbons (Fsp3) is 0.500. The van der Waals surface area contributed by atoms with E-state index in [0.717, 1.165) is 37.0 Å². The molecule has 120 valence electrons. The van der Waals surface area contributed by atoms with Gasteiger partial charge in [0.1, 0.15) is 5.69 Å². The van der Waals surface area contributed by atoms with E-state index in [-0.39, 0.29) is 5.91 Å². The Balaban J connectivity index is 1.61. The van der Waals surface area contributed by atoms with Crippen LogP contribution in [0.25, 0.3) is 11.0 Å². The molecule has 2 saturated heterocycles. The third-order valence-electron chi connectivity index (χ3n) is 5.25. The molecule has 0 spiro atoms. The third kappa shape index (κ3) is 2.59. The van der Waals surface area contributed by atoms with Crippen molar-refractivity contribution >= 4 is 16.9 Å². The second kappa shape index (κ2) is 5.89. The largest absolute Gasteiger partial charge is 0.333 e. The maximum atomic E-state index is 13.0. The Bertz CT molecular complexity index is 732. The lowest BCUT2D eigenvalue weighted by molar-refractivity contribution is 0.0658. The van der Waals surface area contributed by atoms with Crippen molar-refractivity contribution in [3.63, 3.8) is 0 Å². The molecule has 2 fully saturated rings. The maximum Gasteiger partial charge on any atom is 0.274 e. The second-order valence-electron chi connectivity index (χ2n) is 6.64. The van der Waals surface area contributed by atoms with Gasteiger partial charge in [-0.15, -0.1) is 0 Å². The van der Waals surface area contributed by atoms with Gasteiger partial charge in [0, 0.05) is 18.6 Å². The Labute approximate surface area is 136 Å². The van der Waals surface area contributed by atoms with Gasteiger partial charge in [0.25, 0.3) is 5.91 Å². The fourth-order valence-electron chi connectivity index (χ4n) is 4.07. The first-order chi connectivity index (χ1) is 11.2. The normalized spacial score (nSPS) is 25.3. The molecule has 2 aromatic rings. The Morgan fingerprint density at radius 1 is 1.09 bits per heavy atom. The number of rotatable bonds is 2. The number of fused-ring (bicyclic) bond motifs is 1. The number of amides is 1. The average Bonchev–Trinajstić information content (AvgIpc) is 3.22. The van der Waals surface area contributed by atoms with E-state index in [2.05, 4.69) is 21.9 Å². The van der Waals surface area contributed by atoms with Crippen LogP contribution in [0.2, 0.25) is 0 Å². The molecule has 4 rings (SSSR count). The summed E-state index contributed by atoms with van der Waals surface area (Å²) in [5.41, 5.74) is 2.08. The zero-order valence-corrected chi connectivity index (χ0v) is 13.5. The van der Waals surface area contributed by atoms with Gasteiger partial charge in [0.15, 0.2) is 0 Å². The predicted octanol–water partition coefficient (Wildman–Crippen LogP) is 2.33. The quantitative estimate of drug-likeness (QED) is 0.854. The van der Waals surface area contributed by atoms with Crippen molar-refractivity contribution in [3.05, 3.63) is 36.2 Å². The molecular formula is C18H22N4O. The van der Waals surface area contributed by atoms with Crippen molar-refractivity contribution < 1.29 is 4.79 Å². The highest BCUT2D eigenvalue weighted by Gasteiger charge is 2.39. The highest BCUT2D eigenvalue weighted by atomic mass is 16.2. The average molecular weight is 310 g/mol. The van der Waals surface area contributed by atoms with Gasteiger partial charge in [-0.25, -0.2) is 4.98 Å². The zero-order valence-electron chi connectivity index (χ0n) is 13.5. The van der Waals surface area contributed by atoms with Crippen LogP contribution in [0.5, 0.6) is 0 Å². The molecule has 0 saturated carbocycles. The highest BCUT2D eigenvalue weighted by Crippen LogP contribution is 2.30. The summed E-state index contributed by atoms with van der Waals surface area (Å²) < 4.78 is 0. The molecule has 0 radical (unpaired) electrons. The Hall–Kier alpha value is -2.01. The summed E-state index contributed by atoms with van der Waals surface area (Å²) in [6.45, 7) is 1.97. The van der Waals surface area contributed by atoms with Gasteiger partial charge in [-0.2, -0.15) is 0 Å². The van der Waals surface area contributed by atoms with Crippen LogP contribution in [0.1, 0.15) is 36.2 Å². The van der Waals surface area contributed by atoms with Gasteiger partial charge >= 0.3 is 0 Å². The predicted molar refractivity (Wildman–Crippen MR) is 89.2 cm³/mol. The molecule has 2 aliphatic rings. The van der Waals surface area contributed by atoms with Crippen LogP contribution in [0, 0.1) is 0 Å². The van der Waals surface area contributed by atoms with Crippen LogP contribution in [-0.2, 0) is 0 Å². The summed E-state index contributed by atoms with van der Waals surface area (Å²) in [4.78, 5) is 26.3. The van der Waals surface area contributed by atoms with Crippen LogP contribution in [0.3, 0.4) is 0 Å². The SMILES string of the molecule is CN1CCC[C@@H]1[C@@H]1CCCN1C(=O)c1cnc2ccccc2n1. The van der Waals surface area contributed by atoms with E-state index in [1.165, 1.54) is 12.8 Å². The van der Waals surface area contributed by atoms with Gasteiger partial charge in [0.05, 0.1) is 17.2 Å². The van der Waals surface area contributed by atoms with Crippen LogP contribution in [-0.4, -0.2) is 57.9 Å². The minimum atomic E-state index is 0.0334. The van der Waals surface area contributed by atoms with Gasteiger partial charge in [-0.3, -0.25) is 9.78 Å². The smallest absolute Gasteiger partial charge is 0.274 e. The zero-order chi connectivity index (χ0) is 15.8. The first-order valence-electron chi connectivity index (χ1n) is 8.47. The molecular weight excluding hydrogens is 288 g/mol. The van der Waals surface area contributed by atoms with E-state index >= 15 is 0 Å². The molecule has 0 N–H and O–H groups in total. The van der Waals surface area contributed by atoms with Crippen molar-refractivity contribution in [1.29, 1.82) is 0 Å². The van der Waals surface area contributed by atoms with Crippen molar-refractivity contribution in [2.45, 2.75) is 37.8 Å². The van der Waals surface area contributed by atoms with Gasteiger partial charge in [-0.1, -0.05) is 12.1 Å². The van der Waals surface area contributed by atoms with E-state index in [9.17, 15) is 4.79 Å². The molecule has 2 atom stereocenters. The number of likely N-dealkylation sites (tertiary alicyclic amines) is 2. The molecule has 0 aliphatic carbocycles. The second-order valence-corrected chi connectivity index (χ2v) is 6.64. The molecule has 23 heavy (non-hydrogen) atoms. The van der Waals surface area contributed by atoms with E-state index in [1.54, 1.807) is 6.20 Å². The van der Waals surface area contributed by atoms with Gasteiger partial charge in [-0.05, 0) is 51.4 Å². The van der Waals surface area contributed by atoms with Crippen LogP contribution < -0.4 is 0 Å². The number of aromatic nitrogens is 2. The summed E-state index contributed by atoms with van der Waals surface area (Å²) in [7, 11) is 2.18. The first-order valence-corrected chi connectivity index (χ1v) is 8.47. The summed E-state index contributed by atoms with van der Waals surface area (Å²) in [6, 6.07) is 8.51. The topological polar surface area (TPSA) is 49.3 Å². The minimum absolute atomic E-state index is 0.0334. The lowest BCUT2D eigenvalue weighted by Gasteiger charge is -2.33. The fourth-order valence-corrected chi connectivity index (χ4v) is 4.07. The van der Waals surface area contributed by atoms with Crippen molar-refractivity contribution in [2.24, 2.45) is 0 Å². The van der Waals surface area contributed by atoms with Crippen LogP contribution in [0.15, 0.2) is 30.5 Å². The number of hydrogen-bond acceptors (Lipinski definition) is 4. The number of carbonyl (C=O) groups excluding carboxylic acids is 1. The number of carbonyl (C=O) groups is 1. The molecule has 1 aromatic heterocycles. The molecule has 1 amide bonds. The number of hydrogen-bond donors (Lipinski definition) is 0. The highest BCUT2D eigenvalue weighted by molar-refractivity contribution is 5.94. The summed E-state index contributed by atoms with van der Waals surface area (Å²) in [5.74, 6) is 0.0334. The van der Waals surface area contributed by atoms with Crippen LogP contribution >= 0.6 is 0 Å². The molecule has 1 aromatic carbocycles. The molecule has 5 nitrogen and oxygen atoms in total. The van der Waals surface area contributed by atoms with E-state index in [0.29, 0.717) is 17.8 Å². The number of nitrogens with zero attached hydrogens (tertiary/aromatic N) is 4. The lowest BCUT2D eigenvalue weighted by Crippen LogP contribution is -2.47. The van der Waals surface area contributed by atoms with E-state index in [1.807, 2.05) is 29.2 Å². The maximum absolute atomic E-state index is 13.0. The van der Waals surface area contributed by atoms with Crippen molar-refractivity contribution in [2.75, 3.05) is 20.1 Å². The first kappa shape index (κ1) is 14.6. The molecule has 2 aliphatic heterocycles. The van der Waals surface area contributed by atoms with Crippen molar-refractivity contribution in [3.8, 4) is 0 Å². The van der Waals surface area contributed by atoms with E-state index < -0.39 is 0 Å².